The monoisotopic (exact) mass is 463 g/mol. The second-order valence-electron chi connectivity index (χ2n) is 8.09. The van der Waals surface area contributed by atoms with Gasteiger partial charge >= 0.3 is 0 Å². The standard InChI is InChI=1S/C22H30FN5OS2/c1-7-22(6,29)20-26-10-16(31-20)30-11-27-21(25)28-19-15(12(2)3)8-14(9-24)18(23)17(19)13(4)5/h8,10,12-13,29H,7,11H2,1-6H3,(H3,25,27,28). The lowest BCUT2D eigenvalue weighted by Crippen LogP contribution is -2.25. The van der Waals surface area contributed by atoms with E-state index in [1.54, 1.807) is 19.2 Å². The number of benzene rings is 1. The first-order chi connectivity index (χ1) is 14.5. The van der Waals surface area contributed by atoms with E-state index >= 15 is 0 Å². The van der Waals surface area contributed by atoms with Gasteiger partial charge in [-0.1, -0.05) is 46.4 Å². The molecule has 6 nitrogen and oxygen atoms in total. The number of anilines is 1. The van der Waals surface area contributed by atoms with Crippen LogP contribution in [-0.4, -0.2) is 21.9 Å². The van der Waals surface area contributed by atoms with Gasteiger partial charge in [0.1, 0.15) is 22.5 Å². The van der Waals surface area contributed by atoms with E-state index in [1.807, 2.05) is 40.7 Å². The fourth-order valence-electron chi connectivity index (χ4n) is 2.98. The summed E-state index contributed by atoms with van der Waals surface area (Å²) in [6.45, 7) is 11.4. The first kappa shape index (κ1) is 25.1. The summed E-state index contributed by atoms with van der Waals surface area (Å²) in [6, 6.07) is 3.52. The third kappa shape index (κ3) is 5.97. The Morgan fingerprint density at radius 1 is 1.42 bits per heavy atom. The van der Waals surface area contributed by atoms with Crippen molar-refractivity contribution in [3.63, 3.8) is 0 Å². The summed E-state index contributed by atoms with van der Waals surface area (Å²) in [5.41, 5.74) is 7.04. The molecule has 1 unspecified atom stereocenters. The van der Waals surface area contributed by atoms with Crippen LogP contribution in [0.5, 0.6) is 0 Å². The molecule has 1 atom stereocenters. The fraction of sp³-hybridized carbons (Fsp3) is 0.500. The number of thiazole rings is 1. The second kappa shape index (κ2) is 10.4. The molecule has 0 spiro atoms. The van der Waals surface area contributed by atoms with Crippen molar-refractivity contribution in [3.8, 4) is 6.07 Å². The Morgan fingerprint density at radius 2 is 2.10 bits per heavy atom. The van der Waals surface area contributed by atoms with Crippen molar-refractivity contribution in [2.24, 2.45) is 10.7 Å². The molecule has 0 aliphatic rings. The summed E-state index contributed by atoms with van der Waals surface area (Å²) in [4.78, 5) is 8.65. The molecule has 4 N–H and O–H groups in total. The van der Waals surface area contributed by atoms with Gasteiger partial charge in [-0.05, 0) is 36.8 Å². The number of nitrogens with one attached hydrogen (secondary N) is 1. The minimum absolute atomic E-state index is 0.0352. The van der Waals surface area contributed by atoms with Gasteiger partial charge in [-0.3, -0.25) is 0 Å². The Hall–Kier alpha value is -2.15. The van der Waals surface area contributed by atoms with Crippen LogP contribution in [0.1, 0.15) is 81.5 Å². The number of guanidine groups is 1. The number of rotatable bonds is 8. The number of aliphatic imine (C=N–C) groups is 1. The molecule has 0 fully saturated rings. The zero-order valence-electron chi connectivity index (χ0n) is 18.8. The minimum Gasteiger partial charge on any atom is -0.383 e. The smallest absolute Gasteiger partial charge is 0.193 e. The van der Waals surface area contributed by atoms with E-state index in [2.05, 4.69) is 15.3 Å². The van der Waals surface area contributed by atoms with Gasteiger partial charge in [-0.15, -0.1) is 11.3 Å². The summed E-state index contributed by atoms with van der Waals surface area (Å²) >= 11 is 2.89. The SMILES string of the molecule is CCC(C)(O)c1ncc(SC/N=C(\N)Nc2c(C(C)C)cc(C#N)c(F)c2C(C)C)s1. The van der Waals surface area contributed by atoms with Crippen molar-refractivity contribution in [3.05, 3.63) is 39.8 Å². The fourth-order valence-corrected chi connectivity index (χ4v) is 4.83. The summed E-state index contributed by atoms with van der Waals surface area (Å²) in [5.74, 6) is -0.0756. The van der Waals surface area contributed by atoms with Gasteiger partial charge in [-0.25, -0.2) is 14.4 Å². The highest BCUT2D eigenvalue weighted by atomic mass is 32.2. The number of nitrogens with two attached hydrogens (primary N) is 1. The van der Waals surface area contributed by atoms with E-state index in [1.165, 1.54) is 23.1 Å². The molecule has 0 aliphatic carbocycles. The van der Waals surface area contributed by atoms with E-state index in [-0.39, 0.29) is 23.4 Å². The molecular weight excluding hydrogens is 433 g/mol. The van der Waals surface area contributed by atoms with Gasteiger partial charge < -0.3 is 16.2 Å². The van der Waals surface area contributed by atoms with Crippen molar-refractivity contribution in [1.82, 2.24) is 4.98 Å². The maximum Gasteiger partial charge on any atom is 0.193 e. The van der Waals surface area contributed by atoms with E-state index in [0.29, 0.717) is 28.6 Å². The normalized spacial score (nSPS) is 14.0. The number of hydrogen-bond donors (Lipinski definition) is 3. The summed E-state index contributed by atoms with van der Waals surface area (Å²) < 4.78 is 15.8. The van der Waals surface area contributed by atoms with Crippen molar-refractivity contribution in [2.45, 2.75) is 69.6 Å². The Bertz CT molecular complexity index is 993. The van der Waals surface area contributed by atoms with Crippen LogP contribution < -0.4 is 11.1 Å². The first-order valence-electron chi connectivity index (χ1n) is 10.2. The van der Waals surface area contributed by atoms with Crippen LogP contribution in [0.4, 0.5) is 10.1 Å². The minimum atomic E-state index is -0.937. The van der Waals surface area contributed by atoms with Gasteiger partial charge in [-0.2, -0.15) is 5.26 Å². The number of aromatic nitrogens is 1. The summed E-state index contributed by atoms with van der Waals surface area (Å²) in [6.07, 6.45) is 2.30. The van der Waals surface area contributed by atoms with Gasteiger partial charge in [0, 0.05) is 5.56 Å². The molecule has 168 valence electrons. The van der Waals surface area contributed by atoms with Gasteiger partial charge in [0.25, 0.3) is 0 Å². The van der Waals surface area contributed by atoms with Crippen molar-refractivity contribution < 1.29 is 9.50 Å². The lowest BCUT2D eigenvalue weighted by molar-refractivity contribution is 0.0528. The highest BCUT2D eigenvalue weighted by Crippen LogP contribution is 2.36. The van der Waals surface area contributed by atoms with Crippen LogP contribution in [0.3, 0.4) is 0 Å². The van der Waals surface area contributed by atoms with Crippen molar-refractivity contribution >= 4 is 34.7 Å². The van der Waals surface area contributed by atoms with Crippen LogP contribution in [0.25, 0.3) is 0 Å². The predicted molar refractivity (Wildman–Crippen MR) is 127 cm³/mol. The zero-order chi connectivity index (χ0) is 23.3. The highest BCUT2D eigenvalue weighted by Gasteiger charge is 2.25. The number of hydrogen-bond acceptors (Lipinski definition) is 6. The van der Waals surface area contributed by atoms with Crippen LogP contribution in [-0.2, 0) is 5.60 Å². The molecule has 0 saturated heterocycles. The van der Waals surface area contributed by atoms with Gasteiger partial charge in [0.05, 0.1) is 27.5 Å². The number of nitrogens with zero attached hydrogens (tertiary/aromatic N) is 3. The third-order valence-electron chi connectivity index (χ3n) is 4.98. The average molecular weight is 464 g/mol. The number of thioether (sulfide) groups is 1. The molecule has 1 heterocycles. The van der Waals surface area contributed by atoms with Crippen LogP contribution in [0.2, 0.25) is 0 Å². The quantitative estimate of drug-likeness (QED) is 0.271. The van der Waals surface area contributed by atoms with E-state index in [4.69, 9.17) is 5.73 Å². The summed E-state index contributed by atoms with van der Waals surface area (Å²) in [7, 11) is 0. The van der Waals surface area contributed by atoms with Crippen LogP contribution in [0.15, 0.2) is 21.5 Å². The second-order valence-corrected chi connectivity index (χ2v) is 10.4. The lowest BCUT2D eigenvalue weighted by atomic mass is 9.90. The van der Waals surface area contributed by atoms with Gasteiger partial charge in [0.2, 0.25) is 0 Å². The maximum absolute atomic E-state index is 14.9. The molecule has 2 aromatic rings. The molecule has 0 bridgehead atoms. The van der Waals surface area contributed by atoms with E-state index in [0.717, 1.165) is 9.77 Å². The molecule has 9 heteroatoms. The Morgan fingerprint density at radius 3 is 2.65 bits per heavy atom. The van der Waals surface area contributed by atoms with Crippen molar-refractivity contribution in [2.75, 3.05) is 11.2 Å². The number of aliphatic hydroxyl groups is 1. The number of halogens is 1. The van der Waals surface area contributed by atoms with Crippen LogP contribution >= 0.6 is 23.1 Å². The molecule has 31 heavy (non-hydrogen) atoms. The molecule has 1 aromatic heterocycles. The molecule has 2 rings (SSSR count). The van der Waals surface area contributed by atoms with E-state index in [9.17, 15) is 14.8 Å². The molecular formula is C22H30FN5OS2. The third-order valence-corrected chi connectivity index (χ3v) is 7.28. The van der Waals surface area contributed by atoms with Crippen LogP contribution in [0, 0.1) is 17.1 Å². The number of nitriles is 1. The lowest BCUT2D eigenvalue weighted by Gasteiger charge is -2.22. The largest absolute Gasteiger partial charge is 0.383 e. The Kier molecular flexibility index (Phi) is 8.46. The molecule has 0 aliphatic heterocycles. The maximum atomic E-state index is 14.9. The molecule has 0 saturated carbocycles. The van der Waals surface area contributed by atoms with Gasteiger partial charge in [0.15, 0.2) is 5.96 Å². The predicted octanol–water partition coefficient (Wildman–Crippen LogP) is 5.49. The Labute approximate surface area is 191 Å². The van der Waals surface area contributed by atoms with E-state index < -0.39 is 11.4 Å². The highest BCUT2D eigenvalue weighted by molar-refractivity contribution is 8.01. The molecule has 1 aromatic carbocycles. The topological polar surface area (TPSA) is 107 Å². The zero-order valence-corrected chi connectivity index (χ0v) is 20.4. The summed E-state index contributed by atoms with van der Waals surface area (Å²) in [5, 5.41) is 23.4. The molecule has 0 amide bonds. The Balaban J connectivity index is 2.23. The molecule has 0 radical (unpaired) electrons. The first-order valence-corrected chi connectivity index (χ1v) is 12.0. The average Bonchev–Trinajstić information content (AvgIpc) is 3.17. The van der Waals surface area contributed by atoms with Crippen molar-refractivity contribution in [1.29, 1.82) is 5.26 Å².